The zero-order valence-corrected chi connectivity index (χ0v) is 19.9. The number of benzene rings is 2. The van der Waals surface area contributed by atoms with Crippen LogP contribution < -0.4 is 0 Å². The van der Waals surface area contributed by atoms with Crippen LogP contribution in [0.5, 0.6) is 0 Å². The molecule has 0 aromatic heterocycles. The fraction of sp³-hybridized carbons (Fsp3) is 0.500. The predicted octanol–water partition coefficient (Wildman–Crippen LogP) is 5.22. The molecule has 0 aliphatic carbocycles. The normalized spacial score (nSPS) is 27.9. The summed E-state index contributed by atoms with van der Waals surface area (Å²) in [6.07, 6.45) is -4.04. The molecule has 0 saturated carbocycles. The quantitative estimate of drug-likeness (QED) is 0.450. The van der Waals surface area contributed by atoms with Crippen LogP contribution in [0.4, 0.5) is 8.78 Å². The van der Waals surface area contributed by atoms with E-state index in [-0.39, 0.29) is 13.0 Å². The summed E-state index contributed by atoms with van der Waals surface area (Å²) in [5, 5.41) is 0. The van der Waals surface area contributed by atoms with E-state index in [4.69, 9.17) is 23.5 Å². The summed E-state index contributed by atoms with van der Waals surface area (Å²) in [4.78, 5) is 9.99. The maximum absolute atomic E-state index is 14.8. The van der Waals surface area contributed by atoms with Gasteiger partial charge >= 0.3 is 13.3 Å². The summed E-state index contributed by atoms with van der Waals surface area (Å²) >= 11 is 0. The Kier molecular flexibility index (Phi) is 7.55. The molecule has 0 bridgehead atoms. The first-order valence-electron chi connectivity index (χ1n) is 11.1. The summed E-state index contributed by atoms with van der Waals surface area (Å²) in [6, 6.07) is 17.8. The Morgan fingerprint density at radius 1 is 1.00 bits per heavy atom. The van der Waals surface area contributed by atoms with Crippen molar-refractivity contribution in [2.75, 3.05) is 0 Å². The second kappa shape index (κ2) is 10.1. The fourth-order valence-corrected chi connectivity index (χ4v) is 4.96. The first-order chi connectivity index (χ1) is 16.1. The van der Waals surface area contributed by atoms with Crippen molar-refractivity contribution in [2.24, 2.45) is 0 Å². The van der Waals surface area contributed by atoms with Crippen molar-refractivity contribution < 1.29 is 41.7 Å². The molecule has 2 heterocycles. The van der Waals surface area contributed by atoms with Gasteiger partial charge in [0.1, 0.15) is 12.2 Å². The Morgan fingerprint density at radius 3 is 2.21 bits per heavy atom. The molecule has 0 amide bonds. The first kappa shape index (κ1) is 25.4. The molecule has 2 fully saturated rings. The molecule has 2 saturated heterocycles. The van der Waals surface area contributed by atoms with Crippen LogP contribution in [0.15, 0.2) is 60.7 Å². The topological polar surface area (TPSA) is 83.5 Å². The van der Waals surface area contributed by atoms with E-state index in [1.54, 1.807) is 44.2 Å². The van der Waals surface area contributed by atoms with Gasteiger partial charge in [-0.1, -0.05) is 60.7 Å². The minimum absolute atomic E-state index is 0.230. The zero-order chi connectivity index (χ0) is 24.4. The van der Waals surface area contributed by atoms with Gasteiger partial charge in [-0.25, -0.2) is 0 Å². The van der Waals surface area contributed by atoms with Gasteiger partial charge in [0.15, 0.2) is 12.1 Å². The van der Waals surface area contributed by atoms with E-state index in [0.29, 0.717) is 5.56 Å². The number of alkyl halides is 2. The van der Waals surface area contributed by atoms with Crippen molar-refractivity contribution in [1.82, 2.24) is 0 Å². The third-order valence-corrected chi connectivity index (χ3v) is 7.29. The van der Waals surface area contributed by atoms with Gasteiger partial charge in [0.25, 0.3) is 0 Å². The summed E-state index contributed by atoms with van der Waals surface area (Å²) in [5.74, 6) is -0.898. The van der Waals surface area contributed by atoms with Crippen LogP contribution in [0, 0.1) is 0 Å². The van der Waals surface area contributed by atoms with Crippen LogP contribution in [0.2, 0.25) is 0 Å². The molecule has 186 valence electrons. The van der Waals surface area contributed by atoms with Gasteiger partial charge in [-0.2, -0.15) is 8.78 Å². The summed E-state index contributed by atoms with van der Waals surface area (Å²) in [7, 11) is -5.24. The molecule has 7 nitrogen and oxygen atoms in total. The average molecular weight is 498 g/mol. The average Bonchev–Trinajstić information content (AvgIpc) is 3.27. The smallest absolute Gasteiger partial charge is 0.368 e. The third-order valence-electron chi connectivity index (χ3n) is 5.76. The molecule has 1 N–H and O–H groups in total. The Morgan fingerprint density at radius 2 is 1.59 bits per heavy atom. The lowest BCUT2D eigenvalue weighted by Crippen LogP contribution is -2.37. The van der Waals surface area contributed by atoms with E-state index in [9.17, 15) is 18.2 Å². The maximum Gasteiger partial charge on any atom is 0.397 e. The molecule has 1 unspecified atom stereocenters. The van der Waals surface area contributed by atoms with E-state index in [1.807, 2.05) is 30.3 Å². The number of ether oxygens (including phenoxy) is 4. The molecule has 2 aromatic rings. The molecular formula is C24H29F2O7P. The van der Waals surface area contributed by atoms with E-state index in [1.165, 1.54) is 0 Å². The molecule has 0 radical (unpaired) electrons. The first-order valence-corrected chi connectivity index (χ1v) is 12.7. The van der Waals surface area contributed by atoms with Gasteiger partial charge in [-0.15, -0.1) is 0 Å². The summed E-state index contributed by atoms with van der Waals surface area (Å²) in [6.45, 7) is 3.30. The zero-order valence-electron chi connectivity index (χ0n) is 19.0. The largest absolute Gasteiger partial charge is 0.397 e. The van der Waals surface area contributed by atoms with Crippen molar-refractivity contribution in [3.8, 4) is 0 Å². The van der Waals surface area contributed by atoms with Crippen LogP contribution in [-0.2, 0) is 41.3 Å². The van der Waals surface area contributed by atoms with Crippen molar-refractivity contribution in [1.29, 1.82) is 0 Å². The highest BCUT2D eigenvalue weighted by Gasteiger charge is 2.57. The van der Waals surface area contributed by atoms with Gasteiger partial charge in [0.2, 0.25) is 0 Å². The van der Waals surface area contributed by atoms with E-state index in [2.05, 4.69) is 0 Å². The van der Waals surface area contributed by atoms with Crippen molar-refractivity contribution in [3.63, 3.8) is 0 Å². The van der Waals surface area contributed by atoms with Gasteiger partial charge in [0, 0.05) is 6.42 Å². The second-order valence-electron chi connectivity index (χ2n) is 8.89. The Balaban J connectivity index is 1.39. The Hall–Kier alpha value is -1.71. The number of hydrogen-bond acceptors (Lipinski definition) is 6. The lowest BCUT2D eigenvalue weighted by atomic mass is 10.1. The van der Waals surface area contributed by atoms with Crippen LogP contribution in [0.25, 0.3) is 0 Å². The Labute approximate surface area is 197 Å². The highest BCUT2D eigenvalue weighted by Crippen LogP contribution is 2.60. The molecule has 2 aliphatic rings. The van der Waals surface area contributed by atoms with E-state index < -0.39 is 56.7 Å². The molecule has 2 aromatic carbocycles. The third kappa shape index (κ3) is 5.91. The SMILES string of the molecule is CC1(C)O[C@H]2O[C@H](CCC(F)(F)P(=O)(O)OCc3ccccc3)[C@@H](OCc3ccccc3)[C@H]2O1. The molecule has 34 heavy (non-hydrogen) atoms. The highest BCUT2D eigenvalue weighted by atomic mass is 31.2. The van der Waals surface area contributed by atoms with Crippen molar-refractivity contribution >= 4 is 7.60 Å². The molecule has 2 aliphatic heterocycles. The summed E-state index contributed by atoms with van der Waals surface area (Å²) < 4.78 is 70.1. The summed E-state index contributed by atoms with van der Waals surface area (Å²) in [5.41, 5.74) is -2.54. The van der Waals surface area contributed by atoms with Crippen LogP contribution in [0.3, 0.4) is 0 Å². The number of rotatable bonds is 10. The van der Waals surface area contributed by atoms with Crippen molar-refractivity contribution in [3.05, 3.63) is 71.8 Å². The van der Waals surface area contributed by atoms with E-state index >= 15 is 0 Å². The molecule has 5 atom stereocenters. The highest BCUT2D eigenvalue weighted by molar-refractivity contribution is 7.54. The van der Waals surface area contributed by atoms with Gasteiger partial charge in [0.05, 0.1) is 19.3 Å². The standard InChI is InChI=1S/C24H29F2O7P/c1-23(2)32-21-20(29-15-17-9-5-3-6-10-17)19(31-22(21)33-23)13-14-24(25,26)34(27,28)30-16-18-11-7-4-8-12-18/h3-12,19-22H,13-16H2,1-2H3,(H,27,28)/t19-,20-,21-,22-/m1/s1. The van der Waals surface area contributed by atoms with Crippen LogP contribution in [-0.4, -0.2) is 40.9 Å². The van der Waals surface area contributed by atoms with Gasteiger partial charge < -0.3 is 23.8 Å². The van der Waals surface area contributed by atoms with Crippen LogP contribution >= 0.6 is 7.60 Å². The molecule has 4 rings (SSSR count). The molecule has 0 spiro atoms. The molecule has 10 heteroatoms. The van der Waals surface area contributed by atoms with Crippen LogP contribution in [0.1, 0.15) is 37.8 Å². The minimum Gasteiger partial charge on any atom is -0.368 e. The van der Waals surface area contributed by atoms with E-state index in [0.717, 1.165) is 5.56 Å². The lowest BCUT2D eigenvalue weighted by molar-refractivity contribution is -0.220. The van der Waals surface area contributed by atoms with Gasteiger partial charge in [-0.05, 0) is 31.4 Å². The fourth-order valence-electron chi connectivity index (χ4n) is 4.04. The predicted molar refractivity (Wildman–Crippen MR) is 119 cm³/mol. The Bertz CT molecular complexity index is 989. The van der Waals surface area contributed by atoms with Crippen molar-refractivity contribution in [2.45, 2.75) is 76.0 Å². The number of fused-ring (bicyclic) bond motifs is 1. The monoisotopic (exact) mass is 498 g/mol. The minimum atomic E-state index is -5.24. The van der Waals surface area contributed by atoms with Gasteiger partial charge in [-0.3, -0.25) is 9.09 Å². The maximum atomic E-state index is 14.8. The lowest BCUT2D eigenvalue weighted by Gasteiger charge is -2.28. The number of halogens is 2. The number of hydrogen-bond donors (Lipinski definition) is 1. The molecular weight excluding hydrogens is 469 g/mol. The second-order valence-corrected chi connectivity index (χ2v) is 10.8.